The molecular weight excluding hydrogens is 326 g/mol. The average molecular weight is 343 g/mol. The summed E-state index contributed by atoms with van der Waals surface area (Å²) in [6, 6.07) is 10.9. The molecule has 7 heteroatoms. The number of anilines is 1. The highest BCUT2D eigenvalue weighted by Gasteiger charge is 2.10. The summed E-state index contributed by atoms with van der Waals surface area (Å²) >= 11 is 0. The molecule has 7 nitrogen and oxygen atoms in total. The maximum atomic E-state index is 12.0. The third kappa shape index (κ3) is 4.81. The number of rotatable bonds is 7. The summed E-state index contributed by atoms with van der Waals surface area (Å²) in [5.74, 6) is -0.142. The average Bonchev–Trinajstić information content (AvgIpc) is 2.66. The zero-order chi connectivity index (χ0) is 18.2. The van der Waals surface area contributed by atoms with Gasteiger partial charge in [-0.1, -0.05) is 0 Å². The van der Waals surface area contributed by atoms with Gasteiger partial charge >= 0.3 is 5.97 Å². The Morgan fingerprint density at radius 3 is 2.36 bits per heavy atom. The van der Waals surface area contributed by atoms with Gasteiger partial charge in [-0.3, -0.25) is 9.59 Å². The number of hydrogen-bond acceptors (Lipinski definition) is 6. The maximum Gasteiger partial charge on any atom is 0.337 e. The molecule has 0 saturated carbocycles. The molecule has 25 heavy (non-hydrogen) atoms. The van der Waals surface area contributed by atoms with Crippen molar-refractivity contribution in [1.29, 1.82) is 0 Å². The molecule has 0 saturated heterocycles. The predicted molar refractivity (Wildman–Crippen MR) is 90.3 cm³/mol. The van der Waals surface area contributed by atoms with E-state index in [9.17, 15) is 14.4 Å². The minimum Gasteiger partial charge on any atom is -0.493 e. The van der Waals surface area contributed by atoms with Crippen LogP contribution in [0, 0.1) is 0 Å². The number of aldehydes is 1. The Morgan fingerprint density at radius 2 is 1.76 bits per heavy atom. The van der Waals surface area contributed by atoms with E-state index in [4.69, 9.17) is 9.47 Å². The van der Waals surface area contributed by atoms with E-state index in [-0.39, 0.29) is 6.61 Å². The maximum absolute atomic E-state index is 12.0. The fourth-order valence-corrected chi connectivity index (χ4v) is 2.03. The molecule has 1 amide bonds. The minimum atomic E-state index is -0.455. The van der Waals surface area contributed by atoms with Crippen molar-refractivity contribution < 1.29 is 28.6 Å². The Kier molecular flexibility index (Phi) is 6.11. The molecule has 0 radical (unpaired) electrons. The summed E-state index contributed by atoms with van der Waals surface area (Å²) in [7, 11) is 2.76. The summed E-state index contributed by atoms with van der Waals surface area (Å²) in [6.07, 6.45) is 0.676. The number of esters is 1. The van der Waals surface area contributed by atoms with Crippen LogP contribution < -0.4 is 14.8 Å². The minimum absolute atomic E-state index is 0.266. The molecule has 0 aromatic heterocycles. The fraction of sp³-hybridized carbons (Fsp3) is 0.167. The first-order chi connectivity index (χ1) is 12.1. The molecule has 0 aliphatic carbocycles. The highest BCUT2D eigenvalue weighted by molar-refractivity contribution is 5.93. The van der Waals surface area contributed by atoms with Gasteiger partial charge in [-0.05, 0) is 42.5 Å². The lowest BCUT2D eigenvalue weighted by molar-refractivity contribution is -0.118. The largest absolute Gasteiger partial charge is 0.493 e. The first-order valence-corrected chi connectivity index (χ1v) is 7.31. The quantitative estimate of drug-likeness (QED) is 0.613. The molecule has 2 aromatic carbocycles. The van der Waals surface area contributed by atoms with Crippen molar-refractivity contribution in [3.63, 3.8) is 0 Å². The van der Waals surface area contributed by atoms with Gasteiger partial charge in [-0.2, -0.15) is 0 Å². The Balaban J connectivity index is 1.97. The molecular formula is C18H17NO6. The van der Waals surface area contributed by atoms with E-state index in [1.165, 1.54) is 20.3 Å². The van der Waals surface area contributed by atoms with Gasteiger partial charge in [0.1, 0.15) is 6.29 Å². The molecule has 1 N–H and O–H groups in total. The lowest BCUT2D eigenvalue weighted by atomic mass is 10.2. The molecule has 130 valence electrons. The smallest absolute Gasteiger partial charge is 0.337 e. The van der Waals surface area contributed by atoms with Crippen molar-refractivity contribution >= 4 is 23.9 Å². The Morgan fingerprint density at radius 1 is 1.04 bits per heavy atom. The molecule has 0 spiro atoms. The van der Waals surface area contributed by atoms with Crippen LogP contribution in [-0.2, 0) is 9.53 Å². The molecule has 0 aliphatic rings. The number of carbonyl (C=O) groups is 3. The predicted octanol–water partition coefficient (Wildman–Crippen LogP) is 2.31. The monoisotopic (exact) mass is 343 g/mol. The van der Waals surface area contributed by atoms with Crippen LogP contribution in [0.2, 0.25) is 0 Å². The van der Waals surface area contributed by atoms with Gasteiger partial charge in [-0.25, -0.2) is 4.79 Å². The molecule has 0 aliphatic heterocycles. The first-order valence-electron chi connectivity index (χ1n) is 7.31. The third-order valence-corrected chi connectivity index (χ3v) is 3.27. The number of ether oxygens (including phenoxy) is 3. The van der Waals surface area contributed by atoms with Crippen LogP contribution in [0.3, 0.4) is 0 Å². The molecule has 0 bridgehead atoms. The van der Waals surface area contributed by atoms with Crippen LogP contribution in [-0.4, -0.2) is 39.0 Å². The second kappa shape index (κ2) is 8.49. The standard InChI is InChI=1S/C18H17NO6/c1-23-15-8-3-12(10-20)9-16(15)25-11-17(21)19-14-6-4-13(5-7-14)18(22)24-2/h3-10H,11H2,1-2H3,(H,19,21). The van der Waals surface area contributed by atoms with Gasteiger partial charge in [0.2, 0.25) is 0 Å². The van der Waals surface area contributed by atoms with Gasteiger partial charge in [0.15, 0.2) is 18.1 Å². The Bertz CT molecular complexity index is 770. The molecule has 2 rings (SSSR count). The molecule has 2 aromatic rings. The van der Waals surface area contributed by atoms with E-state index in [0.29, 0.717) is 34.6 Å². The highest BCUT2D eigenvalue weighted by atomic mass is 16.5. The van der Waals surface area contributed by atoms with Gasteiger partial charge in [-0.15, -0.1) is 0 Å². The SMILES string of the molecule is COC(=O)c1ccc(NC(=O)COc2cc(C=O)ccc2OC)cc1. The third-order valence-electron chi connectivity index (χ3n) is 3.27. The molecule has 0 heterocycles. The summed E-state index contributed by atoms with van der Waals surface area (Å²) in [5.41, 5.74) is 1.30. The second-order valence-electron chi connectivity index (χ2n) is 4.93. The number of benzene rings is 2. The van der Waals surface area contributed by atoms with Gasteiger partial charge in [0.25, 0.3) is 5.91 Å². The molecule has 0 unspecified atom stereocenters. The van der Waals surface area contributed by atoms with E-state index in [1.54, 1.807) is 36.4 Å². The first kappa shape index (κ1) is 18.0. The lowest BCUT2D eigenvalue weighted by Gasteiger charge is -2.11. The number of carbonyl (C=O) groups excluding carboxylic acids is 3. The van der Waals surface area contributed by atoms with E-state index in [2.05, 4.69) is 10.1 Å². The van der Waals surface area contributed by atoms with Crippen molar-refractivity contribution in [3.8, 4) is 11.5 Å². The normalized spacial score (nSPS) is 9.84. The number of amides is 1. The van der Waals surface area contributed by atoms with Crippen LogP contribution in [0.4, 0.5) is 5.69 Å². The number of methoxy groups -OCH3 is 2. The van der Waals surface area contributed by atoms with Crippen molar-refractivity contribution in [1.82, 2.24) is 0 Å². The number of hydrogen-bond donors (Lipinski definition) is 1. The van der Waals surface area contributed by atoms with Gasteiger partial charge in [0.05, 0.1) is 19.8 Å². The number of nitrogens with one attached hydrogen (secondary N) is 1. The zero-order valence-electron chi connectivity index (χ0n) is 13.8. The summed E-state index contributed by atoms with van der Waals surface area (Å²) in [5, 5.41) is 2.64. The Labute approximate surface area is 144 Å². The van der Waals surface area contributed by atoms with E-state index >= 15 is 0 Å². The van der Waals surface area contributed by atoms with Crippen molar-refractivity contribution in [2.75, 3.05) is 26.1 Å². The molecule has 0 fully saturated rings. The van der Waals surface area contributed by atoms with Crippen LogP contribution in [0.25, 0.3) is 0 Å². The van der Waals surface area contributed by atoms with E-state index in [1.807, 2.05) is 0 Å². The van der Waals surface area contributed by atoms with Crippen molar-refractivity contribution in [2.24, 2.45) is 0 Å². The topological polar surface area (TPSA) is 90.9 Å². The Hall–Kier alpha value is -3.35. The van der Waals surface area contributed by atoms with Crippen molar-refractivity contribution in [2.45, 2.75) is 0 Å². The van der Waals surface area contributed by atoms with Crippen LogP contribution >= 0.6 is 0 Å². The van der Waals surface area contributed by atoms with Crippen LogP contribution in [0.5, 0.6) is 11.5 Å². The van der Waals surface area contributed by atoms with E-state index < -0.39 is 11.9 Å². The molecule has 0 atom stereocenters. The van der Waals surface area contributed by atoms with Gasteiger partial charge in [0, 0.05) is 11.3 Å². The lowest BCUT2D eigenvalue weighted by Crippen LogP contribution is -2.20. The van der Waals surface area contributed by atoms with Crippen LogP contribution in [0.1, 0.15) is 20.7 Å². The summed E-state index contributed by atoms with van der Waals surface area (Å²) in [4.78, 5) is 34.2. The highest BCUT2D eigenvalue weighted by Crippen LogP contribution is 2.27. The van der Waals surface area contributed by atoms with E-state index in [0.717, 1.165) is 0 Å². The van der Waals surface area contributed by atoms with Crippen LogP contribution in [0.15, 0.2) is 42.5 Å². The second-order valence-corrected chi connectivity index (χ2v) is 4.93. The van der Waals surface area contributed by atoms with Gasteiger partial charge < -0.3 is 19.5 Å². The fourth-order valence-electron chi connectivity index (χ4n) is 2.03. The zero-order valence-corrected chi connectivity index (χ0v) is 13.8. The summed E-state index contributed by atoms with van der Waals surface area (Å²) in [6.45, 7) is -0.266. The summed E-state index contributed by atoms with van der Waals surface area (Å²) < 4.78 is 15.1. The van der Waals surface area contributed by atoms with Crippen molar-refractivity contribution in [3.05, 3.63) is 53.6 Å².